The number of sulfonamides is 1. The van der Waals surface area contributed by atoms with Gasteiger partial charge in [-0.05, 0) is 61.1 Å². The minimum atomic E-state index is -3.48. The first-order chi connectivity index (χ1) is 14.4. The predicted octanol–water partition coefficient (Wildman–Crippen LogP) is 4.25. The molecule has 0 bridgehead atoms. The Morgan fingerprint density at radius 1 is 1.00 bits per heavy atom. The molecule has 0 unspecified atom stereocenters. The van der Waals surface area contributed by atoms with Crippen LogP contribution in [0.3, 0.4) is 0 Å². The fourth-order valence-electron chi connectivity index (χ4n) is 4.37. The van der Waals surface area contributed by atoms with E-state index in [1.54, 1.807) is 22.5 Å². The molecule has 1 saturated carbocycles. The van der Waals surface area contributed by atoms with Crippen LogP contribution in [0.1, 0.15) is 49.7 Å². The molecule has 0 radical (unpaired) electrons. The highest BCUT2D eigenvalue weighted by molar-refractivity contribution is 7.89. The lowest BCUT2D eigenvalue weighted by atomic mass is 9.64. The van der Waals surface area contributed by atoms with E-state index >= 15 is 0 Å². The number of nitrogens with one attached hydrogen (secondary N) is 1. The number of halogens is 1. The Morgan fingerprint density at radius 3 is 2.33 bits per heavy atom. The molecule has 2 aromatic carbocycles. The number of rotatable bonds is 6. The van der Waals surface area contributed by atoms with Gasteiger partial charge in [-0.2, -0.15) is 4.31 Å². The predicted molar refractivity (Wildman–Crippen MR) is 118 cm³/mol. The average Bonchev–Trinajstić information content (AvgIpc) is 2.73. The van der Waals surface area contributed by atoms with Crippen molar-refractivity contribution in [2.75, 3.05) is 13.1 Å². The van der Waals surface area contributed by atoms with Crippen LogP contribution in [0.4, 0.5) is 0 Å². The summed E-state index contributed by atoms with van der Waals surface area (Å²) in [6, 6.07) is 14.4. The van der Waals surface area contributed by atoms with Gasteiger partial charge in [-0.3, -0.25) is 4.79 Å². The summed E-state index contributed by atoms with van der Waals surface area (Å²) in [5.41, 5.74) is 1.26. The molecule has 1 heterocycles. The number of piperidine rings is 1. The maximum absolute atomic E-state index is 13.1. The zero-order valence-corrected chi connectivity index (χ0v) is 18.5. The molecule has 2 aliphatic rings. The zero-order valence-electron chi connectivity index (χ0n) is 16.9. The van der Waals surface area contributed by atoms with E-state index in [1.807, 2.05) is 30.3 Å². The first-order valence-corrected chi connectivity index (χ1v) is 12.4. The molecule has 1 aliphatic heterocycles. The molecule has 1 N–H and O–H groups in total. The lowest BCUT2D eigenvalue weighted by molar-refractivity contribution is -0.130. The summed E-state index contributed by atoms with van der Waals surface area (Å²) in [7, 11) is -3.48. The zero-order chi connectivity index (χ0) is 21.2. The van der Waals surface area contributed by atoms with Crippen LogP contribution in [-0.2, 0) is 26.8 Å². The average molecular weight is 447 g/mol. The lowest BCUT2D eigenvalue weighted by Crippen LogP contribution is -2.49. The van der Waals surface area contributed by atoms with Crippen molar-refractivity contribution in [2.45, 2.75) is 55.4 Å². The first kappa shape index (κ1) is 21.3. The quantitative estimate of drug-likeness (QED) is 0.721. The van der Waals surface area contributed by atoms with Crippen LogP contribution >= 0.6 is 11.6 Å². The third-order valence-corrected chi connectivity index (χ3v) is 8.49. The summed E-state index contributed by atoms with van der Waals surface area (Å²) in [6.07, 6.45) is 5.52. The molecule has 1 saturated heterocycles. The van der Waals surface area contributed by atoms with Gasteiger partial charge in [-0.25, -0.2) is 8.42 Å². The van der Waals surface area contributed by atoms with Gasteiger partial charge in [0.05, 0.1) is 10.3 Å². The second-order valence-electron chi connectivity index (χ2n) is 8.24. The van der Waals surface area contributed by atoms with E-state index in [0.717, 1.165) is 49.7 Å². The summed E-state index contributed by atoms with van der Waals surface area (Å²) < 4.78 is 27.4. The summed E-state index contributed by atoms with van der Waals surface area (Å²) in [6.45, 7) is 1.46. The van der Waals surface area contributed by atoms with Crippen LogP contribution in [0.25, 0.3) is 0 Å². The van der Waals surface area contributed by atoms with E-state index in [0.29, 0.717) is 29.6 Å². The number of nitrogens with zero attached hydrogens (tertiary/aromatic N) is 1. The Hall–Kier alpha value is -1.89. The van der Waals surface area contributed by atoms with E-state index in [-0.39, 0.29) is 5.91 Å². The number of benzene rings is 2. The van der Waals surface area contributed by atoms with Crippen molar-refractivity contribution in [2.24, 2.45) is 0 Å². The third-order valence-electron chi connectivity index (χ3n) is 6.34. The van der Waals surface area contributed by atoms with Crippen molar-refractivity contribution in [1.29, 1.82) is 0 Å². The van der Waals surface area contributed by atoms with E-state index in [2.05, 4.69) is 5.32 Å². The third kappa shape index (κ3) is 4.13. The van der Waals surface area contributed by atoms with Gasteiger partial charge in [0.15, 0.2) is 0 Å². The van der Waals surface area contributed by atoms with Crippen LogP contribution in [0.15, 0.2) is 53.4 Å². The molecule has 0 atom stereocenters. The Balaban J connectivity index is 1.47. The lowest BCUT2D eigenvalue weighted by Gasteiger charge is -2.40. The van der Waals surface area contributed by atoms with Crippen molar-refractivity contribution < 1.29 is 13.2 Å². The highest BCUT2D eigenvalue weighted by Gasteiger charge is 2.45. The highest BCUT2D eigenvalue weighted by Crippen LogP contribution is 2.44. The fourth-order valence-corrected chi connectivity index (χ4v) is 6.08. The van der Waals surface area contributed by atoms with Crippen LogP contribution in [0.5, 0.6) is 0 Å². The molecule has 2 fully saturated rings. The Bertz CT molecular complexity index is 1010. The number of hydrogen-bond donors (Lipinski definition) is 1. The number of carbonyl (C=O) groups is 1. The molecule has 160 valence electrons. The molecule has 4 rings (SSSR count). The largest absolute Gasteiger partial charge is 0.351 e. The van der Waals surface area contributed by atoms with Crippen molar-refractivity contribution in [1.82, 2.24) is 9.62 Å². The molecule has 1 aliphatic carbocycles. The monoisotopic (exact) mass is 446 g/mol. The maximum Gasteiger partial charge on any atom is 0.243 e. The van der Waals surface area contributed by atoms with Gasteiger partial charge < -0.3 is 5.32 Å². The Labute approximate surface area is 183 Å². The van der Waals surface area contributed by atoms with Gasteiger partial charge in [-0.15, -0.1) is 0 Å². The summed E-state index contributed by atoms with van der Waals surface area (Å²) in [4.78, 5) is 13.4. The van der Waals surface area contributed by atoms with Gasteiger partial charge >= 0.3 is 0 Å². The van der Waals surface area contributed by atoms with Crippen molar-refractivity contribution >= 4 is 27.5 Å². The van der Waals surface area contributed by atoms with E-state index in [4.69, 9.17) is 11.6 Å². The van der Waals surface area contributed by atoms with E-state index in [9.17, 15) is 13.2 Å². The molecule has 5 nitrogen and oxygen atoms in total. The first-order valence-electron chi connectivity index (χ1n) is 10.6. The molecular weight excluding hydrogens is 420 g/mol. The van der Waals surface area contributed by atoms with Gasteiger partial charge in [0, 0.05) is 24.7 Å². The second kappa shape index (κ2) is 8.69. The standard InChI is InChI=1S/C23H27ClN2O3S/c24-20-10-8-19(9-11-20)23(12-5-13-23)22(27)25-17-18-6-4-7-21(16-18)30(28,29)26-14-2-1-3-15-26/h4,6-11,16H,1-3,5,12-15,17H2,(H,25,27). The minimum absolute atomic E-state index is 0.0136. The van der Waals surface area contributed by atoms with Crippen molar-refractivity contribution in [3.05, 3.63) is 64.7 Å². The number of hydrogen-bond acceptors (Lipinski definition) is 3. The number of amides is 1. The molecule has 1 amide bonds. The van der Waals surface area contributed by atoms with Crippen molar-refractivity contribution in [3.8, 4) is 0 Å². The summed E-state index contributed by atoms with van der Waals surface area (Å²) in [5.74, 6) is -0.0136. The molecular formula is C23H27ClN2O3S. The molecule has 2 aromatic rings. The van der Waals surface area contributed by atoms with Crippen LogP contribution in [0.2, 0.25) is 5.02 Å². The van der Waals surface area contributed by atoms with Crippen LogP contribution in [0, 0.1) is 0 Å². The molecule has 30 heavy (non-hydrogen) atoms. The molecule has 0 aromatic heterocycles. The van der Waals surface area contributed by atoms with Crippen LogP contribution in [-0.4, -0.2) is 31.7 Å². The fraction of sp³-hybridized carbons (Fsp3) is 0.435. The van der Waals surface area contributed by atoms with E-state index in [1.165, 1.54) is 0 Å². The molecule has 7 heteroatoms. The highest BCUT2D eigenvalue weighted by atomic mass is 35.5. The molecule has 0 spiro atoms. The second-order valence-corrected chi connectivity index (χ2v) is 10.6. The Morgan fingerprint density at radius 2 is 1.70 bits per heavy atom. The van der Waals surface area contributed by atoms with Gasteiger partial charge in [0.1, 0.15) is 0 Å². The Kier molecular flexibility index (Phi) is 6.19. The smallest absolute Gasteiger partial charge is 0.243 e. The van der Waals surface area contributed by atoms with E-state index < -0.39 is 15.4 Å². The summed E-state index contributed by atoms with van der Waals surface area (Å²) in [5, 5.41) is 3.69. The van der Waals surface area contributed by atoms with Gasteiger partial charge in [-0.1, -0.05) is 48.7 Å². The SMILES string of the molecule is O=C(NCc1cccc(S(=O)(=O)N2CCCCC2)c1)C1(c2ccc(Cl)cc2)CCC1. The number of carbonyl (C=O) groups excluding carboxylic acids is 1. The minimum Gasteiger partial charge on any atom is -0.351 e. The van der Waals surface area contributed by atoms with Gasteiger partial charge in [0.2, 0.25) is 15.9 Å². The normalized spacial score (nSPS) is 19.1. The topological polar surface area (TPSA) is 66.5 Å². The van der Waals surface area contributed by atoms with Crippen LogP contribution < -0.4 is 5.32 Å². The summed E-state index contributed by atoms with van der Waals surface area (Å²) >= 11 is 6.00. The van der Waals surface area contributed by atoms with Gasteiger partial charge in [0.25, 0.3) is 0 Å². The van der Waals surface area contributed by atoms with Crippen molar-refractivity contribution in [3.63, 3.8) is 0 Å². The maximum atomic E-state index is 13.1.